The molecule has 0 spiro atoms. The van der Waals surface area contributed by atoms with Gasteiger partial charge in [0.15, 0.2) is 0 Å². The van der Waals surface area contributed by atoms with Gasteiger partial charge in [-0.2, -0.15) is 0 Å². The third kappa shape index (κ3) is 3.57. The summed E-state index contributed by atoms with van der Waals surface area (Å²) in [6.45, 7) is 1.92. The number of carbonyl (C=O) groups is 2. The second-order valence-electron chi connectivity index (χ2n) is 5.58. The quantitative estimate of drug-likeness (QED) is 0.864. The van der Waals surface area contributed by atoms with Gasteiger partial charge in [0.05, 0.1) is 17.3 Å². The van der Waals surface area contributed by atoms with Crippen LogP contribution in [0.3, 0.4) is 0 Å². The minimum atomic E-state index is -0.838. The smallest absolute Gasteiger partial charge is 0.254 e. The van der Waals surface area contributed by atoms with Crippen molar-refractivity contribution < 1.29 is 14.3 Å². The molecule has 0 radical (unpaired) electrons. The first kappa shape index (κ1) is 17.6. The summed E-state index contributed by atoms with van der Waals surface area (Å²) in [7, 11) is 0. The summed E-state index contributed by atoms with van der Waals surface area (Å²) in [5, 5.41) is 3.43. The number of halogens is 2. The molecule has 2 aromatic carbocycles. The van der Waals surface area contributed by atoms with Gasteiger partial charge in [0.2, 0.25) is 5.91 Å². The molecular weight excluding hydrogens is 363 g/mol. The van der Waals surface area contributed by atoms with E-state index in [1.807, 2.05) is 30.3 Å². The predicted octanol–water partition coefficient (Wildman–Crippen LogP) is 3.60. The molecule has 3 rings (SSSR count). The zero-order valence-corrected chi connectivity index (χ0v) is 15.0. The number of nitrogens with zero attached hydrogens (tertiary/aromatic N) is 1. The van der Waals surface area contributed by atoms with Crippen LogP contribution in [0.5, 0.6) is 5.75 Å². The van der Waals surface area contributed by atoms with Gasteiger partial charge in [-0.05, 0) is 24.3 Å². The van der Waals surface area contributed by atoms with Crippen LogP contribution in [0.1, 0.15) is 18.5 Å². The van der Waals surface area contributed by atoms with Crippen LogP contribution in [-0.4, -0.2) is 25.0 Å². The molecule has 0 unspecified atom stereocenters. The topological polar surface area (TPSA) is 58.6 Å². The number of nitrogens with one attached hydrogen (secondary N) is 1. The van der Waals surface area contributed by atoms with Gasteiger partial charge in [0, 0.05) is 17.5 Å². The summed E-state index contributed by atoms with van der Waals surface area (Å²) in [4.78, 5) is 25.8. The maximum Gasteiger partial charge on any atom is 0.254 e. The van der Waals surface area contributed by atoms with Crippen molar-refractivity contribution in [1.29, 1.82) is 0 Å². The Morgan fingerprint density at radius 1 is 1.16 bits per heavy atom. The van der Waals surface area contributed by atoms with E-state index < -0.39 is 6.04 Å². The third-order valence-corrected chi connectivity index (χ3v) is 4.50. The van der Waals surface area contributed by atoms with Gasteiger partial charge in [0.1, 0.15) is 18.4 Å². The molecule has 0 aromatic heterocycles. The molecule has 1 aliphatic rings. The van der Waals surface area contributed by atoms with E-state index in [9.17, 15) is 9.59 Å². The lowest BCUT2D eigenvalue weighted by molar-refractivity contribution is -0.126. The molecular formula is C18H16Cl2N2O3. The van der Waals surface area contributed by atoms with Crippen molar-refractivity contribution in [2.45, 2.75) is 13.0 Å². The number of carbonyl (C=O) groups excluding carboxylic acids is 2. The van der Waals surface area contributed by atoms with Gasteiger partial charge in [-0.25, -0.2) is 0 Å². The Balaban J connectivity index is 1.84. The van der Waals surface area contributed by atoms with Crippen molar-refractivity contribution >= 4 is 40.7 Å². The highest BCUT2D eigenvalue weighted by Crippen LogP contribution is 2.44. The highest BCUT2D eigenvalue weighted by Gasteiger charge is 2.40. The van der Waals surface area contributed by atoms with Crippen LogP contribution in [0.15, 0.2) is 42.5 Å². The molecule has 25 heavy (non-hydrogen) atoms. The average Bonchev–Trinajstić information content (AvgIpc) is 2.86. The number of rotatable bonds is 5. The van der Waals surface area contributed by atoms with Gasteiger partial charge in [-0.3, -0.25) is 9.59 Å². The summed E-state index contributed by atoms with van der Waals surface area (Å²) >= 11 is 12.6. The zero-order valence-electron chi connectivity index (χ0n) is 13.5. The maximum absolute atomic E-state index is 12.8. The Hall–Kier alpha value is -2.24. The third-order valence-electron chi connectivity index (χ3n) is 3.86. The molecule has 7 heteroatoms. The first-order valence-electron chi connectivity index (χ1n) is 7.73. The van der Waals surface area contributed by atoms with Crippen LogP contribution in [0, 0.1) is 0 Å². The standard InChI is InChI=1S/C18H16Cl2N2O3/c1-11(23)21-16-15-13(19)7-8-14(20)17(15)22(18(16)24)9-10-25-12-5-3-2-4-6-12/h2-8,16H,9-10H2,1H3,(H,21,23)/t16-/m1/s1. The Bertz CT molecular complexity index is 811. The Labute approximate surface area is 155 Å². The monoisotopic (exact) mass is 378 g/mol. The van der Waals surface area contributed by atoms with Crippen molar-refractivity contribution in [1.82, 2.24) is 5.32 Å². The van der Waals surface area contributed by atoms with E-state index in [1.54, 1.807) is 12.1 Å². The second kappa shape index (κ2) is 7.33. The fourth-order valence-electron chi connectivity index (χ4n) is 2.83. The van der Waals surface area contributed by atoms with Crippen molar-refractivity contribution in [2.24, 2.45) is 0 Å². The molecule has 0 saturated carbocycles. The van der Waals surface area contributed by atoms with Gasteiger partial charge < -0.3 is 15.0 Å². The van der Waals surface area contributed by atoms with Crippen LogP contribution in [0.25, 0.3) is 0 Å². The number of para-hydroxylation sites is 1. The zero-order chi connectivity index (χ0) is 18.0. The first-order chi connectivity index (χ1) is 12.0. The van der Waals surface area contributed by atoms with Crippen LogP contribution in [0.2, 0.25) is 10.0 Å². The van der Waals surface area contributed by atoms with E-state index in [-0.39, 0.29) is 25.0 Å². The lowest BCUT2D eigenvalue weighted by Gasteiger charge is -2.19. The molecule has 0 saturated heterocycles. The number of hydrogen-bond donors (Lipinski definition) is 1. The molecule has 1 aliphatic heterocycles. The van der Waals surface area contributed by atoms with Crippen molar-refractivity contribution in [3.8, 4) is 5.75 Å². The number of hydrogen-bond acceptors (Lipinski definition) is 3. The normalized spacial score (nSPS) is 15.9. The van der Waals surface area contributed by atoms with Gasteiger partial charge in [-0.1, -0.05) is 41.4 Å². The number of ether oxygens (including phenoxy) is 1. The minimum absolute atomic E-state index is 0.281. The minimum Gasteiger partial charge on any atom is -0.492 e. The summed E-state index contributed by atoms with van der Waals surface area (Å²) in [6, 6.07) is 11.7. The molecule has 1 heterocycles. The van der Waals surface area contributed by atoms with Crippen molar-refractivity contribution in [3.63, 3.8) is 0 Å². The van der Waals surface area contributed by atoms with E-state index in [4.69, 9.17) is 27.9 Å². The summed E-state index contributed by atoms with van der Waals surface area (Å²) in [5.74, 6) is 0.115. The number of anilines is 1. The average molecular weight is 379 g/mol. The van der Waals surface area contributed by atoms with Crippen molar-refractivity contribution in [2.75, 3.05) is 18.1 Å². The molecule has 1 atom stereocenters. The van der Waals surface area contributed by atoms with Crippen molar-refractivity contribution in [3.05, 3.63) is 58.1 Å². The summed E-state index contributed by atoms with van der Waals surface area (Å²) in [5.41, 5.74) is 1.05. The lowest BCUT2D eigenvalue weighted by atomic mass is 10.1. The highest BCUT2D eigenvalue weighted by molar-refractivity contribution is 6.38. The van der Waals surface area contributed by atoms with Crippen LogP contribution < -0.4 is 15.0 Å². The highest BCUT2D eigenvalue weighted by atomic mass is 35.5. The van der Waals surface area contributed by atoms with E-state index in [0.29, 0.717) is 27.0 Å². The number of fused-ring (bicyclic) bond motifs is 1. The number of benzene rings is 2. The lowest BCUT2D eigenvalue weighted by Crippen LogP contribution is -2.38. The Morgan fingerprint density at radius 3 is 2.52 bits per heavy atom. The summed E-state index contributed by atoms with van der Waals surface area (Å²) < 4.78 is 5.66. The van der Waals surface area contributed by atoms with Gasteiger partial charge >= 0.3 is 0 Å². The molecule has 0 bridgehead atoms. The largest absolute Gasteiger partial charge is 0.492 e. The molecule has 1 N–H and O–H groups in total. The fourth-order valence-corrected chi connectivity index (χ4v) is 3.35. The predicted molar refractivity (Wildman–Crippen MR) is 97.3 cm³/mol. The van der Waals surface area contributed by atoms with E-state index in [1.165, 1.54) is 11.8 Å². The van der Waals surface area contributed by atoms with Crippen LogP contribution >= 0.6 is 23.2 Å². The fraction of sp³-hybridized carbons (Fsp3) is 0.222. The molecule has 130 valence electrons. The van der Waals surface area contributed by atoms with Gasteiger partial charge in [-0.15, -0.1) is 0 Å². The molecule has 5 nitrogen and oxygen atoms in total. The van der Waals surface area contributed by atoms with Crippen LogP contribution in [0.4, 0.5) is 5.69 Å². The molecule has 2 aromatic rings. The maximum atomic E-state index is 12.8. The molecule has 0 aliphatic carbocycles. The van der Waals surface area contributed by atoms with E-state index in [2.05, 4.69) is 5.32 Å². The van der Waals surface area contributed by atoms with E-state index in [0.717, 1.165) is 0 Å². The van der Waals surface area contributed by atoms with Crippen LogP contribution in [-0.2, 0) is 9.59 Å². The SMILES string of the molecule is CC(=O)N[C@H]1C(=O)N(CCOc2ccccc2)c2c(Cl)ccc(Cl)c21. The number of amides is 2. The molecule has 2 amide bonds. The molecule has 0 fully saturated rings. The Kier molecular flexibility index (Phi) is 5.16. The van der Waals surface area contributed by atoms with E-state index >= 15 is 0 Å². The summed E-state index contributed by atoms with van der Waals surface area (Å²) in [6.07, 6.45) is 0. The first-order valence-corrected chi connectivity index (χ1v) is 8.49. The van der Waals surface area contributed by atoms with Gasteiger partial charge in [0.25, 0.3) is 5.91 Å². The Morgan fingerprint density at radius 2 is 1.84 bits per heavy atom. The second-order valence-corrected chi connectivity index (χ2v) is 6.39.